The van der Waals surface area contributed by atoms with Crippen LogP contribution in [0.1, 0.15) is 31.4 Å². The van der Waals surface area contributed by atoms with Crippen molar-refractivity contribution in [2.45, 2.75) is 33.2 Å². The molecular weight excluding hydrogens is 426 g/mol. The molecule has 0 aromatic heterocycles. The number of rotatable bonds is 12. The molecule has 0 spiro atoms. The lowest BCUT2D eigenvalue weighted by molar-refractivity contribution is -0.139. The van der Waals surface area contributed by atoms with E-state index in [-0.39, 0.29) is 12.5 Å². The van der Waals surface area contributed by atoms with E-state index in [0.717, 1.165) is 5.56 Å². The smallest absolute Gasteiger partial charge is 0.341 e. The van der Waals surface area contributed by atoms with E-state index in [1.54, 1.807) is 30.3 Å². The fourth-order valence-corrected chi connectivity index (χ4v) is 2.84. The quantitative estimate of drug-likeness (QED) is 0.333. The van der Waals surface area contributed by atoms with Crippen LogP contribution < -0.4 is 20.2 Å². The van der Waals surface area contributed by atoms with Gasteiger partial charge in [-0.25, -0.2) is 10.2 Å². The monoisotopic (exact) mass is 455 g/mol. The van der Waals surface area contributed by atoms with Crippen molar-refractivity contribution in [2.75, 3.05) is 13.2 Å². The Kier molecular flexibility index (Phi) is 9.88. The normalized spacial score (nSPS) is 11.8. The molecule has 0 saturated carbocycles. The number of hydrazone groups is 1. The Morgan fingerprint density at radius 1 is 1.03 bits per heavy atom. The summed E-state index contributed by atoms with van der Waals surface area (Å²) in [6.07, 6.45) is 1.88. The molecule has 2 aromatic rings. The Hall–Kier alpha value is -3.88. The number of carboxylic acids is 1. The molecule has 2 rings (SSSR count). The Morgan fingerprint density at radius 2 is 1.73 bits per heavy atom. The van der Waals surface area contributed by atoms with E-state index in [0.29, 0.717) is 23.5 Å². The lowest BCUT2D eigenvalue weighted by atomic mass is 10.0. The number of carbonyl (C=O) groups excluding carboxylic acids is 2. The molecule has 0 fully saturated rings. The highest BCUT2D eigenvalue weighted by Crippen LogP contribution is 2.16. The van der Waals surface area contributed by atoms with Crippen LogP contribution in [0.5, 0.6) is 11.5 Å². The van der Waals surface area contributed by atoms with Crippen LogP contribution in [-0.4, -0.2) is 48.4 Å². The van der Waals surface area contributed by atoms with E-state index in [2.05, 4.69) is 15.8 Å². The van der Waals surface area contributed by atoms with Crippen molar-refractivity contribution in [2.24, 2.45) is 11.0 Å². The van der Waals surface area contributed by atoms with Gasteiger partial charge in [-0.15, -0.1) is 0 Å². The standard InChI is InChI=1S/C24H29N3O6/c1-16(2)12-20(26-22(28)14-33-21-7-5-4-6-17(21)3)24(31)27-25-13-18-8-10-19(11-9-18)32-15-23(29)30/h4-11,13,16,20H,12,14-15H2,1-3H3,(H,26,28)(H,27,31)(H,29,30)/b25-13-/t20-/m0/s1. The highest BCUT2D eigenvalue weighted by atomic mass is 16.5. The van der Waals surface area contributed by atoms with E-state index in [4.69, 9.17) is 14.6 Å². The molecule has 1 atom stereocenters. The number of aryl methyl sites for hydroxylation is 1. The molecule has 0 aliphatic heterocycles. The fourth-order valence-electron chi connectivity index (χ4n) is 2.84. The van der Waals surface area contributed by atoms with Gasteiger partial charge in [-0.05, 0) is 60.7 Å². The highest BCUT2D eigenvalue weighted by molar-refractivity contribution is 5.89. The van der Waals surface area contributed by atoms with Crippen molar-refractivity contribution in [1.29, 1.82) is 0 Å². The van der Waals surface area contributed by atoms with Gasteiger partial charge in [0.05, 0.1) is 6.21 Å². The molecule has 0 saturated heterocycles. The molecule has 2 amide bonds. The van der Waals surface area contributed by atoms with Gasteiger partial charge >= 0.3 is 5.97 Å². The van der Waals surface area contributed by atoms with Crippen molar-refractivity contribution in [1.82, 2.24) is 10.7 Å². The number of carbonyl (C=O) groups is 3. The number of hydrogen-bond acceptors (Lipinski definition) is 6. The Balaban J connectivity index is 1.89. The molecule has 9 heteroatoms. The van der Waals surface area contributed by atoms with Gasteiger partial charge in [0.2, 0.25) is 0 Å². The summed E-state index contributed by atoms with van der Waals surface area (Å²) in [4.78, 5) is 35.5. The number of carboxylic acid groups (broad SMARTS) is 1. The SMILES string of the molecule is Cc1ccccc1OCC(=O)N[C@@H](CC(C)C)C(=O)N/N=C\c1ccc(OCC(=O)O)cc1. The lowest BCUT2D eigenvalue weighted by Gasteiger charge is -2.19. The summed E-state index contributed by atoms with van der Waals surface area (Å²) in [7, 11) is 0. The number of aliphatic carboxylic acids is 1. The summed E-state index contributed by atoms with van der Waals surface area (Å²) >= 11 is 0. The fraction of sp³-hybridized carbons (Fsp3) is 0.333. The number of benzene rings is 2. The van der Waals surface area contributed by atoms with Crippen LogP contribution in [0, 0.1) is 12.8 Å². The maximum absolute atomic E-state index is 12.6. The Morgan fingerprint density at radius 3 is 2.36 bits per heavy atom. The summed E-state index contributed by atoms with van der Waals surface area (Å²) < 4.78 is 10.6. The van der Waals surface area contributed by atoms with Crippen LogP contribution in [0.25, 0.3) is 0 Å². The van der Waals surface area contributed by atoms with E-state index in [9.17, 15) is 14.4 Å². The minimum absolute atomic E-state index is 0.167. The first-order valence-corrected chi connectivity index (χ1v) is 10.5. The third kappa shape index (κ3) is 9.42. The van der Waals surface area contributed by atoms with Crippen molar-refractivity contribution in [3.63, 3.8) is 0 Å². The summed E-state index contributed by atoms with van der Waals surface area (Å²) in [5.41, 5.74) is 4.04. The second kappa shape index (κ2) is 12.8. The summed E-state index contributed by atoms with van der Waals surface area (Å²) in [6.45, 7) is 5.16. The number of hydrogen-bond donors (Lipinski definition) is 3. The minimum Gasteiger partial charge on any atom is -0.484 e. The van der Waals surface area contributed by atoms with Crippen LogP contribution >= 0.6 is 0 Å². The zero-order valence-electron chi connectivity index (χ0n) is 18.9. The van der Waals surface area contributed by atoms with Gasteiger partial charge in [0, 0.05) is 0 Å². The van der Waals surface area contributed by atoms with Crippen molar-refractivity contribution in [3.8, 4) is 11.5 Å². The van der Waals surface area contributed by atoms with E-state index >= 15 is 0 Å². The highest BCUT2D eigenvalue weighted by Gasteiger charge is 2.22. The average Bonchev–Trinajstić information content (AvgIpc) is 2.77. The van der Waals surface area contributed by atoms with Gasteiger partial charge in [-0.3, -0.25) is 9.59 Å². The lowest BCUT2D eigenvalue weighted by Crippen LogP contribution is -2.47. The van der Waals surface area contributed by atoms with Gasteiger partial charge in [0.15, 0.2) is 13.2 Å². The van der Waals surface area contributed by atoms with Crippen molar-refractivity contribution >= 4 is 24.0 Å². The minimum atomic E-state index is -1.06. The molecule has 3 N–H and O–H groups in total. The molecular formula is C24H29N3O6. The molecule has 0 aliphatic rings. The summed E-state index contributed by atoms with van der Waals surface area (Å²) in [5.74, 6) is -0.716. The van der Waals surface area contributed by atoms with Crippen LogP contribution in [-0.2, 0) is 14.4 Å². The van der Waals surface area contributed by atoms with Crippen molar-refractivity contribution < 1.29 is 29.0 Å². The van der Waals surface area contributed by atoms with Gasteiger partial charge in [0.25, 0.3) is 11.8 Å². The summed E-state index contributed by atoms with van der Waals surface area (Å²) in [5, 5.41) is 15.3. The largest absolute Gasteiger partial charge is 0.484 e. The van der Waals surface area contributed by atoms with Gasteiger partial charge in [-0.2, -0.15) is 5.10 Å². The predicted octanol–water partition coefficient (Wildman–Crippen LogP) is 2.52. The van der Waals surface area contributed by atoms with Gasteiger partial charge in [0.1, 0.15) is 17.5 Å². The number of ether oxygens (including phenoxy) is 2. The van der Waals surface area contributed by atoms with E-state index in [1.807, 2.05) is 39.0 Å². The maximum Gasteiger partial charge on any atom is 0.341 e. The molecule has 2 aromatic carbocycles. The topological polar surface area (TPSA) is 126 Å². The molecule has 0 radical (unpaired) electrons. The van der Waals surface area contributed by atoms with E-state index in [1.165, 1.54) is 6.21 Å². The predicted molar refractivity (Wildman–Crippen MR) is 123 cm³/mol. The van der Waals surface area contributed by atoms with Crippen LogP contribution in [0.3, 0.4) is 0 Å². The molecule has 9 nitrogen and oxygen atoms in total. The summed E-state index contributed by atoms with van der Waals surface area (Å²) in [6, 6.07) is 13.1. The van der Waals surface area contributed by atoms with Crippen LogP contribution in [0.4, 0.5) is 0 Å². The first-order chi connectivity index (χ1) is 15.7. The number of para-hydroxylation sites is 1. The Bertz CT molecular complexity index is 972. The third-order valence-corrected chi connectivity index (χ3v) is 4.44. The molecule has 0 unspecified atom stereocenters. The first-order valence-electron chi connectivity index (χ1n) is 10.5. The molecule has 0 bridgehead atoms. The second-order valence-corrected chi connectivity index (χ2v) is 7.79. The number of nitrogens with zero attached hydrogens (tertiary/aromatic N) is 1. The van der Waals surface area contributed by atoms with Gasteiger partial charge < -0.3 is 19.9 Å². The second-order valence-electron chi connectivity index (χ2n) is 7.79. The zero-order chi connectivity index (χ0) is 24.2. The molecule has 0 aliphatic carbocycles. The third-order valence-electron chi connectivity index (χ3n) is 4.44. The van der Waals surface area contributed by atoms with Gasteiger partial charge in [-0.1, -0.05) is 32.0 Å². The van der Waals surface area contributed by atoms with Crippen LogP contribution in [0.15, 0.2) is 53.6 Å². The number of nitrogens with one attached hydrogen (secondary N) is 2. The molecule has 33 heavy (non-hydrogen) atoms. The van der Waals surface area contributed by atoms with Crippen molar-refractivity contribution in [3.05, 3.63) is 59.7 Å². The maximum atomic E-state index is 12.6. The zero-order valence-corrected chi connectivity index (χ0v) is 18.9. The number of amides is 2. The van der Waals surface area contributed by atoms with E-state index < -0.39 is 30.4 Å². The molecule has 0 heterocycles. The Labute approximate surface area is 192 Å². The first kappa shape index (κ1) is 25.4. The molecule has 176 valence electrons. The average molecular weight is 456 g/mol. The van der Waals surface area contributed by atoms with Crippen LogP contribution in [0.2, 0.25) is 0 Å².